The summed E-state index contributed by atoms with van der Waals surface area (Å²) in [6.07, 6.45) is -2.42. The topological polar surface area (TPSA) is 98.7 Å². The minimum atomic E-state index is -4.57. The maximum absolute atomic E-state index is 12.9. The number of aliphatic carboxylic acids is 1. The van der Waals surface area contributed by atoms with E-state index in [0.29, 0.717) is 25.7 Å². The number of aliphatic hydroxyl groups is 1. The lowest BCUT2D eigenvalue weighted by Gasteiger charge is -2.27. The minimum absolute atomic E-state index is 0.386. The summed E-state index contributed by atoms with van der Waals surface area (Å²) in [4.78, 5) is 22.1. The summed E-state index contributed by atoms with van der Waals surface area (Å²) in [6, 6.07) is -3.11. The normalized spacial score (nSPS) is 20.6. The number of carboxylic acid groups (broad SMARTS) is 1. The number of carbonyl (C=O) groups is 2. The molecule has 1 fully saturated rings. The maximum Gasteiger partial charge on any atom is 0.408 e. The Morgan fingerprint density at radius 1 is 1.29 bits per heavy atom. The van der Waals surface area contributed by atoms with Crippen LogP contribution >= 0.6 is 0 Å². The molecule has 1 saturated carbocycles. The Balaban J connectivity index is 2.59. The van der Waals surface area contributed by atoms with Crippen molar-refractivity contribution in [3.8, 4) is 0 Å². The van der Waals surface area contributed by atoms with E-state index in [9.17, 15) is 27.9 Å². The molecule has 122 valence electrons. The first-order chi connectivity index (χ1) is 9.54. The van der Waals surface area contributed by atoms with Gasteiger partial charge in [-0.15, -0.1) is 0 Å². The van der Waals surface area contributed by atoms with Crippen LogP contribution in [-0.2, 0) is 4.79 Å². The fraction of sp³-hybridized carbons (Fsp3) is 0.833. The fourth-order valence-corrected chi connectivity index (χ4v) is 2.28. The van der Waals surface area contributed by atoms with E-state index < -0.39 is 42.3 Å². The summed E-state index contributed by atoms with van der Waals surface area (Å²) < 4.78 is 38.8. The Kier molecular flexibility index (Phi) is 5.43. The lowest BCUT2D eigenvalue weighted by Crippen LogP contribution is -2.55. The molecule has 0 aromatic heterocycles. The van der Waals surface area contributed by atoms with Gasteiger partial charge in [0.2, 0.25) is 0 Å². The number of halogens is 3. The number of rotatable bonds is 5. The first kappa shape index (κ1) is 17.5. The van der Waals surface area contributed by atoms with Gasteiger partial charge in [0.25, 0.3) is 0 Å². The molecule has 0 aromatic rings. The van der Waals surface area contributed by atoms with E-state index in [1.165, 1.54) is 0 Å². The number of alkyl halides is 3. The van der Waals surface area contributed by atoms with E-state index in [4.69, 9.17) is 5.11 Å². The number of hydrogen-bond donors (Lipinski definition) is 4. The van der Waals surface area contributed by atoms with Crippen LogP contribution < -0.4 is 10.6 Å². The van der Waals surface area contributed by atoms with Crippen molar-refractivity contribution in [1.82, 2.24) is 10.6 Å². The van der Waals surface area contributed by atoms with Crippen LogP contribution in [0.1, 0.15) is 32.6 Å². The summed E-state index contributed by atoms with van der Waals surface area (Å²) in [7, 11) is 0. The minimum Gasteiger partial charge on any atom is -0.479 e. The highest BCUT2D eigenvalue weighted by atomic mass is 19.4. The van der Waals surface area contributed by atoms with Crippen LogP contribution in [0.3, 0.4) is 0 Å². The Morgan fingerprint density at radius 2 is 1.81 bits per heavy atom. The Bertz CT molecular complexity index is 392. The summed E-state index contributed by atoms with van der Waals surface area (Å²) >= 11 is 0. The van der Waals surface area contributed by atoms with Gasteiger partial charge in [0, 0.05) is 0 Å². The van der Waals surface area contributed by atoms with Crippen molar-refractivity contribution in [2.45, 2.75) is 50.4 Å². The third-order valence-electron chi connectivity index (χ3n) is 3.56. The molecule has 0 aliphatic heterocycles. The zero-order valence-electron chi connectivity index (χ0n) is 11.5. The van der Waals surface area contributed by atoms with Crippen LogP contribution in [0.25, 0.3) is 0 Å². The molecule has 2 unspecified atom stereocenters. The third-order valence-corrected chi connectivity index (χ3v) is 3.56. The lowest BCUT2D eigenvalue weighted by atomic mass is 9.98. The predicted octanol–water partition coefficient (Wildman–Crippen LogP) is 1.24. The molecule has 0 radical (unpaired) electrons. The quantitative estimate of drug-likeness (QED) is 0.614. The Labute approximate surface area is 119 Å². The van der Waals surface area contributed by atoms with Crippen LogP contribution in [0.2, 0.25) is 0 Å². The monoisotopic (exact) mass is 312 g/mol. The van der Waals surface area contributed by atoms with Gasteiger partial charge in [0.05, 0.1) is 6.54 Å². The van der Waals surface area contributed by atoms with Crippen LogP contribution in [0.5, 0.6) is 0 Å². The zero-order valence-corrected chi connectivity index (χ0v) is 11.5. The van der Waals surface area contributed by atoms with E-state index in [2.05, 4.69) is 0 Å². The SMILES string of the molecule is CC(O)(CNC(=O)NC(C1CCCC1)C(F)(F)F)C(=O)O. The van der Waals surface area contributed by atoms with Crippen molar-refractivity contribution in [1.29, 1.82) is 0 Å². The average Bonchev–Trinajstić information content (AvgIpc) is 2.85. The summed E-state index contributed by atoms with van der Waals surface area (Å²) in [5, 5.41) is 21.8. The van der Waals surface area contributed by atoms with Crippen molar-refractivity contribution in [2.75, 3.05) is 6.54 Å². The van der Waals surface area contributed by atoms with Crippen molar-refractivity contribution in [3.63, 3.8) is 0 Å². The average molecular weight is 312 g/mol. The van der Waals surface area contributed by atoms with E-state index >= 15 is 0 Å². The second kappa shape index (κ2) is 6.50. The summed E-state index contributed by atoms with van der Waals surface area (Å²) in [5.41, 5.74) is -2.24. The predicted molar refractivity (Wildman–Crippen MR) is 66.6 cm³/mol. The van der Waals surface area contributed by atoms with Gasteiger partial charge in [-0.1, -0.05) is 12.8 Å². The molecule has 2 amide bonds. The first-order valence-corrected chi connectivity index (χ1v) is 6.61. The molecule has 0 bridgehead atoms. The van der Waals surface area contributed by atoms with Crippen molar-refractivity contribution in [3.05, 3.63) is 0 Å². The molecule has 1 aliphatic rings. The molecule has 0 aromatic carbocycles. The van der Waals surface area contributed by atoms with Gasteiger partial charge in [-0.2, -0.15) is 13.2 Å². The van der Waals surface area contributed by atoms with Crippen LogP contribution in [0.15, 0.2) is 0 Å². The molecular formula is C12H19F3N2O4. The molecule has 2 atom stereocenters. The highest BCUT2D eigenvalue weighted by Crippen LogP contribution is 2.35. The van der Waals surface area contributed by atoms with E-state index in [0.717, 1.165) is 6.92 Å². The molecule has 6 nitrogen and oxygen atoms in total. The largest absolute Gasteiger partial charge is 0.479 e. The van der Waals surface area contributed by atoms with Gasteiger partial charge < -0.3 is 20.8 Å². The first-order valence-electron chi connectivity index (χ1n) is 6.61. The van der Waals surface area contributed by atoms with Gasteiger partial charge in [0.15, 0.2) is 5.60 Å². The number of nitrogens with one attached hydrogen (secondary N) is 2. The third kappa shape index (κ3) is 5.07. The van der Waals surface area contributed by atoms with Gasteiger partial charge in [-0.3, -0.25) is 0 Å². The number of carbonyl (C=O) groups excluding carboxylic acids is 1. The summed E-state index contributed by atoms with van der Waals surface area (Å²) in [6.45, 7) is 0.247. The molecule has 0 heterocycles. The van der Waals surface area contributed by atoms with Crippen LogP contribution in [0, 0.1) is 5.92 Å². The van der Waals surface area contributed by atoms with Gasteiger partial charge in [0.1, 0.15) is 6.04 Å². The van der Waals surface area contributed by atoms with E-state index in [1.807, 2.05) is 10.6 Å². The smallest absolute Gasteiger partial charge is 0.408 e. The van der Waals surface area contributed by atoms with Crippen molar-refractivity contribution < 1.29 is 33.0 Å². The van der Waals surface area contributed by atoms with Gasteiger partial charge in [-0.05, 0) is 25.7 Å². The van der Waals surface area contributed by atoms with Gasteiger partial charge in [-0.25, -0.2) is 9.59 Å². The highest BCUT2D eigenvalue weighted by molar-refractivity contribution is 5.79. The molecular weight excluding hydrogens is 293 g/mol. The number of hydrogen-bond acceptors (Lipinski definition) is 3. The molecule has 0 spiro atoms. The molecule has 9 heteroatoms. The van der Waals surface area contributed by atoms with E-state index in [1.54, 1.807) is 0 Å². The molecule has 1 rings (SSSR count). The molecule has 0 saturated heterocycles. The summed E-state index contributed by atoms with van der Waals surface area (Å²) in [5.74, 6) is -2.25. The highest BCUT2D eigenvalue weighted by Gasteiger charge is 2.46. The Hall–Kier alpha value is -1.51. The molecule has 21 heavy (non-hydrogen) atoms. The second-order valence-corrected chi connectivity index (χ2v) is 5.47. The number of carboxylic acids is 1. The lowest BCUT2D eigenvalue weighted by molar-refractivity contribution is -0.164. The van der Waals surface area contributed by atoms with Crippen molar-refractivity contribution in [2.24, 2.45) is 5.92 Å². The number of urea groups is 1. The zero-order chi connectivity index (χ0) is 16.3. The van der Waals surface area contributed by atoms with Crippen LogP contribution in [0.4, 0.5) is 18.0 Å². The van der Waals surface area contributed by atoms with Crippen LogP contribution in [-0.4, -0.2) is 46.6 Å². The molecule has 1 aliphatic carbocycles. The Morgan fingerprint density at radius 3 is 2.24 bits per heavy atom. The van der Waals surface area contributed by atoms with E-state index in [-0.39, 0.29) is 0 Å². The standard InChI is InChI=1S/C12H19F3N2O4/c1-11(21,9(18)19)6-16-10(20)17-8(12(13,14)15)7-4-2-3-5-7/h7-8,21H,2-6H2,1H3,(H,18,19)(H2,16,17,20). The molecule has 4 N–H and O–H groups in total. The number of amides is 2. The maximum atomic E-state index is 12.9. The van der Waals surface area contributed by atoms with Crippen molar-refractivity contribution >= 4 is 12.0 Å². The fourth-order valence-electron chi connectivity index (χ4n) is 2.28. The second-order valence-electron chi connectivity index (χ2n) is 5.47. The van der Waals surface area contributed by atoms with Gasteiger partial charge >= 0.3 is 18.2 Å².